The maximum atomic E-state index is 12.2. The van der Waals surface area contributed by atoms with Crippen LogP contribution in [0.3, 0.4) is 0 Å². The molecule has 1 atom stereocenters. The van der Waals surface area contributed by atoms with E-state index in [2.05, 4.69) is 5.32 Å². The fourth-order valence-electron chi connectivity index (χ4n) is 3.33. The van der Waals surface area contributed by atoms with Crippen LogP contribution in [0.4, 0.5) is 16.2 Å². The fraction of sp³-hybridized carbons (Fsp3) is 0.500. The summed E-state index contributed by atoms with van der Waals surface area (Å²) >= 11 is 0. The zero-order valence-corrected chi connectivity index (χ0v) is 14.7. The minimum absolute atomic E-state index is 0.0937. The predicted octanol–water partition coefficient (Wildman–Crippen LogP) is 1.84. The number of aryl methyl sites for hydroxylation is 1. The van der Waals surface area contributed by atoms with Gasteiger partial charge in [-0.1, -0.05) is 0 Å². The Bertz CT molecular complexity index is 716. The van der Waals surface area contributed by atoms with Crippen LogP contribution in [0.2, 0.25) is 0 Å². The number of anilines is 2. The van der Waals surface area contributed by atoms with Gasteiger partial charge in [0.1, 0.15) is 6.10 Å². The van der Waals surface area contributed by atoms with Crippen molar-refractivity contribution in [3.63, 3.8) is 0 Å². The van der Waals surface area contributed by atoms with E-state index in [1.807, 2.05) is 36.9 Å². The lowest BCUT2D eigenvalue weighted by Gasteiger charge is -2.33. The monoisotopic (exact) mass is 345 g/mol. The molecule has 2 heterocycles. The first kappa shape index (κ1) is 17.3. The molecule has 1 fully saturated rings. The van der Waals surface area contributed by atoms with E-state index < -0.39 is 6.09 Å². The molecule has 25 heavy (non-hydrogen) atoms. The van der Waals surface area contributed by atoms with E-state index in [0.717, 1.165) is 16.9 Å². The first-order chi connectivity index (χ1) is 11.9. The summed E-state index contributed by atoms with van der Waals surface area (Å²) in [6.45, 7) is 6.11. The molecule has 1 N–H and O–H groups in total. The molecule has 3 amide bonds. The highest BCUT2D eigenvalue weighted by atomic mass is 16.6. The molecule has 0 aliphatic carbocycles. The van der Waals surface area contributed by atoms with Crippen LogP contribution in [-0.4, -0.2) is 43.1 Å². The number of rotatable bonds is 4. The molecule has 2 aliphatic heterocycles. The first-order valence-corrected chi connectivity index (χ1v) is 8.54. The highest BCUT2D eigenvalue weighted by Crippen LogP contribution is 2.33. The number of nitrogens with zero attached hydrogens (tertiary/aromatic N) is 2. The van der Waals surface area contributed by atoms with Crippen LogP contribution in [0.1, 0.15) is 32.8 Å². The maximum Gasteiger partial charge on any atom is 0.414 e. The number of hydrogen-bond donors (Lipinski definition) is 1. The Morgan fingerprint density at radius 1 is 1.32 bits per heavy atom. The number of nitrogens with one attached hydrogen (secondary N) is 1. The Labute approximate surface area is 146 Å². The van der Waals surface area contributed by atoms with Crippen molar-refractivity contribution >= 4 is 29.3 Å². The summed E-state index contributed by atoms with van der Waals surface area (Å²) in [4.78, 5) is 38.7. The Hall–Kier alpha value is -2.57. The summed E-state index contributed by atoms with van der Waals surface area (Å²) in [6.07, 6.45) is 0.372. The largest absolute Gasteiger partial charge is 0.442 e. The van der Waals surface area contributed by atoms with E-state index in [1.165, 1.54) is 6.92 Å². The number of fused-ring (bicyclic) bond motifs is 1. The van der Waals surface area contributed by atoms with Gasteiger partial charge >= 0.3 is 6.09 Å². The van der Waals surface area contributed by atoms with Gasteiger partial charge in [-0.3, -0.25) is 14.5 Å². The number of amides is 3. The van der Waals surface area contributed by atoms with Crippen molar-refractivity contribution in [3.8, 4) is 0 Å². The molecular weight excluding hydrogens is 322 g/mol. The quantitative estimate of drug-likeness (QED) is 0.903. The molecule has 7 heteroatoms. The SMILES string of the molecule is CC(=O)NC[C@H]1CN(c2ccc3c(c2)CCC(=O)N3C(C)C)C(=O)O1. The minimum atomic E-state index is -0.414. The average molecular weight is 345 g/mol. The van der Waals surface area contributed by atoms with E-state index in [4.69, 9.17) is 4.74 Å². The summed E-state index contributed by atoms with van der Waals surface area (Å²) in [6, 6.07) is 5.79. The third kappa shape index (κ3) is 3.45. The molecule has 0 saturated carbocycles. The molecule has 7 nitrogen and oxygen atoms in total. The molecular formula is C18H23N3O4. The number of ether oxygens (including phenoxy) is 1. The molecule has 0 bridgehead atoms. The van der Waals surface area contributed by atoms with Crippen LogP contribution in [0.25, 0.3) is 0 Å². The number of cyclic esters (lactones) is 1. The fourth-order valence-corrected chi connectivity index (χ4v) is 3.33. The normalized spacial score (nSPS) is 19.9. The lowest BCUT2D eigenvalue weighted by Crippen LogP contribution is -2.40. The van der Waals surface area contributed by atoms with Crippen molar-refractivity contribution in [3.05, 3.63) is 23.8 Å². The molecule has 134 valence electrons. The Morgan fingerprint density at radius 2 is 2.08 bits per heavy atom. The van der Waals surface area contributed by atoms with Crippen molar-refractivity contribution < 1.29 is 19.1 Å². The predicted molar refractivity (Wildman–Crippen MR) is 93.7 cm³/mol. The second kappa shape index (κ2) is 6.74. The molecule has 1 aromatic rings. The number of carbonyl (C=O) groups is 3. The lowest BCUT2D eigenvalue weighted by molar-refractivity contribution is -0.120. The maximum absolute atomic E-state index is 12.2. The molecule has 3 rings (SSSR count). The second-order valence-corrected chi connectivity index (χ2v) is 6.72. The van der Waals surface area contributed by atoms with Crippen molar-refractivity contribution in [1.29, 1.82) is 0 Å². The zero-order valence-electron chi connectivity index (χ0n) is 14.7. The van der Waals surface area contributed by atoms with Crippen LogP contribution in [0.5, 0.6) is 0 Å². The minimum Gasteiger partial charge on any atom is -0.442 e. The van der Waals surface area contributed by atoms with E-state index >= 15 is 0 Å². The molecule has 1 saturated heterocycles. The summed E-state index contributed by atoms with van der Waals surface area (Å²) in [5, 5.41) is 2.67. The molecule has 0 unspecified atom stereocenters. The van der Waals surface area contributed by atoms with Gasteiger partial charge in [0.05, 0.1) is 13.1 Å². The third-order valence-electron chi connectivity index (χ3n) is 4.48. The third-order valence-corrected chi connectivity index (χ3v) is 4.48. The van der Waals surface area contributed by atoms with Gasteiger partial charge in [-0.15, -0.1) is 0 Å². The van der Waals surface area contributed by atoms with E-state index in [1.54, 1.807) is 4.90 Å². The summed E-state index contributed by atoms with van der Waals surface area (Å²) < 4.78 is 5.31. The highest BCUT2D eigenvalue weighted by molar-refractivity contribution is 5.98. The van der Waals surface area contributed by atoms with Crippen LogP contribution in [0.15, 0.2) is 18.2 Å². The Morgan fingerprint density at radius 3 is 2.76 bits per heavy atom. The van der Waals surface area contributed by atoms with Crippen molar-refractivity contribution in [2.45, 2.75) is 45.8 Å². The highest BCUT2D eigenvalue weighted by Gasteiger charge is 2.33. The summed E-state index contributed by atoms with van der Waals surface area (Å²) in [7, 11) is 0. The Kier molecular flexibility index (Phi) is 4.65. The van der Waals surface area contributed by atoms with Crippen molar-refractivity contribution in [2.24, 2.45) is 0 Å². The van der Waals surface area contributed by atoms with Gasteiger partial charge in [-0.2, -0.15) is 0 Å². The van der Waals surface area contributed by atoms with Gasteiger partial charge in [-0.05, 0) is 44.0 Å². The average Bonchev–Trinajstić information content (AvgIpc) is 2.93. The Balaban J connectivity index is 1.79. The number of carbonyl (C=O) groups excluding carboxylic acids is 3. The van der Waals surface area contributed by atoms with E-state index in [-0.39, 0.29) is 24.0 Å². The lowest BCUT2D eigenvalue weighted by atomic mass is 9.99. The van der Waals surface area contributed by atoms with E-state index in [9.17, 15) is 14.4 Å². The molecule has 0 radical (unpaired) electrons. The van der Waals surface area contributed by atoms with E-state index in [0.29, 0.717) is 25.9 Å². The molecule has 0 aromatic heterocycles. The number of benzene rings is 1. The van der Waals surface area contributed by atoms with Crippen LogP contribution in [-0.2, 0) is 20.7 Å². The summed E-state index contributed by atoms with van der Waals surface area (Å²) in [5.74, 6) is -0.0204. The smallest absolute Gasteiger partial charge is 0.414 e. The first-order valence-electron chi connectivity index (χ1n) is 8.54. The number of hydrogen-bond acceptors (Lipinski definition) is 4. The van der Waals surface area contributed by atoms with Crippen molar-refractivity contribution in [2.75, 3.05) is 22.9 Å². The molecule has 0 spiro atoms. The standard InChI is InChI=1S/C18H23N3O4/c1-11(2)21-16-6-5-14(8-13(16)4-7-17(21)23)20-10-15(25-18(20)24)9-19-12(3)22/h5-6,8,11,15H,4,7,9-10H2,1-3H3,(H,19,22)/t15-/m0/s1. The van der Waals surface area contributed by atoms with Gasteiger partial charge in [0.25, 0.3) is 0 Å². The van der Waals surface area contributed by atoms with Gasteiger partial charge < -0.3 is 15.0 Å². The van der Waals surface area contributed by atoms with Gasteiger partial charge in [0, 0.05) is 30.8 Å². The van der Waals surface area contributed by atoms with Crippen molar-refractivity contribution in [1.82, 2.24) is 5.32 Å². The zero-order chi connectivity index (χ0) is 18.1. The van der Waals surface area contributed by atoms with Gasteiger partial charge in [0.15, 0.2) is 0 Å². The van der Waals surface area contributed by atoms with Gasteiger partial charge in [0.2, 0.25) is 11.8 Å². The van der Waals surface area contributed by atoms with Gasteiger partial charge in [-0.25, -0.2) is 4.79 Å². The van der Waals surface area contributed by atoms with Crippen LogP contribution >= 0.6 is 0 Å². The summed E-state index contributed by atoms with van der Waals surface area (Å²) in [5.41, 5.74) is 2.73. The molecule has 2 aliphatic rings. The van der Waals surface area contributed by atoms with Crippen LogP contribution < -0.4 is 15.1 Å². The molecule has 1 aromatic carbocycles. The van der Waals surface area contributed by atoms with Crippen LogP contribution in [0, 0.1) is 0 Å². The second-order valence-electron chi connectivity index (χ2n) is 6.72. The topological polar surface area (TPSA) is 79.0 Å².